The van der Waals surface area contributed by atoms with Crippen molar-refractivity contribution < 1.29 is 9.53 Å². The molecule has 0 spiro atoms. The van der Waals surface area contributed by atoms with Crippen LogP contribution in [0.5, 0.6) is 5.75 Å². The van der Waals surface area contributed by atoms with Gasteiger partial charge in [-0.05, 0) is 31.0 Å². The average Bonchev–Trinajstić information content (AvgIpc) is 2.86. The summed E-state index contributed by atoms with van der Waals surface area (Å²) in [4.78, 5) is 10.6. The largest absolute Gasteiger partial charge is 0.497 e. The van der Waals surface area contributed by atoms with Crippen LogP contribution in [0.2, 0.25) is 0 Å². The fraction of sp³-hybridized carbons (Fsp3) is 0.417. The summed E-state index contributed by atoms with van der Waals surface area (Å²) in [6.07, 6.45) is 2.90. The van der Waals surface area contributed by atoms with Crippen molar-refractivity contribution in [3.8, 4) is 5.75 Å². The van der Waals surface area contributed by atoms with Crippen LogP contribution in [0, 0.1) is 0 Å². The van der Waals surface area contributed by atoms with Gasteiger partial charge in [0.1, 0.15) is 5.75 Å². The Hall–Kier alpha value is -1.55. The van der Waals surface area contributed by atoms with Crippen molar-refractivity contribution in [2.24, 2.45) is 5.73 Å². The first-order chi connectivity index (χ1) is 7.70. The smallest absolute Gasteiger partial charge is 0.248 e. The number of ether oxygens (including phenoxy) is 1. The van der Waals surface area contributed by atoms with E-state index in [0.29, 0.717) is 11.3 Å². The average molecular weight is 220 g/mol. The second-order valence-electron chi connectivity index (χ2n) is 4.05. The van der Waals surface area contributed by atoms with Gasteiger partial charge in [0.25, 0.3) is 0 Å². The third-order valence-corrected chi connectivity index (χ3v) is 2.95. The molecule has 0 radical (unpaired) electrons. The molecule has 1 aromatic rings. The Balaban J connectivity index is 0.000000156. The Kier molecular flexibility index (Phi) is 3.10. The van der Waals surface area contributed by atoms with Crippen molar-refractivity contribution in [3.63, 3.8) is 0 Å². The highest BCUT2D eigenvalue weighted by molar-refractivity contribution is 5.93. The summed E-state index contributed by atoms with van der Waals surface area (Å²) in [5.74, 6) is 0.199. The molecule has 1 aliphatic carbocycles. The van der Waals surface area contributed by atoms with E-state index in [1.54, 1.807) is 31.4 Å². The number of hydrogen-bond donors (Lipinski definition) is 2. The summed E-state index contributed by atoms with van der Waals surface area (Å²) in [5.41, 5.74) is 5.51. The highest BCUT2D eigenvalue weighted by atomic mass is 16.5. The molecule has 1 heterocycles. The van der Waals surface area contributed by atoms with Gasteiger partial charge >= 0.3 is 0 Å². The molecule has 3 rings (SSSR count). The normalized spacial score (nSPS) is 24.3. The first-order valence-corrected chi connectivity index (χ1v) is 5.40. The molecule has 2 atom stereocenters. The number of primary amides is 1. The number of hydrogen-bond acceptors (Lipinski definition) is 3. The fourth-order valence-electron chi connectivity index (χ4n) is 1.66. The van der Waals surface area contributed by atoms with Crippen LogP contribution in [-0.4, -0.2) is 25.1 Å². The third kappa shape index (κ3) is 2.52. The molecule has 1 amide bonds. The summed E-state index contributed by atoms with van der Waals surface area (Å²) in [6, 6.07) is 8.68. The highest BCUT2D eigenvalue weighted by Crippen LogP contribution is 2.31. The van der Waals surface area contributed by atoms with E-state index in [2.05, 4.69) is 5.32 Å². The zero-order valence-corrected chi connectivity index (χ0v) is 9.27. The van der Waals surface area contributed by atoms with Crippen molar-refractivity contribution in [2.45, 2.75) is 24.9 Å². The summed E-state index contributed by atoms with van der Waals surface area (Å²) >= 11 is 0. The first kappa shape index (κ1) is 11.0. The maximum absolute atomic E-state index is 10.6. The van der Waals surface area contributed by atoms with Gasteiger partial charge in [-0.25, -0.2) is 0 Å². The molecule has 1 saturated heterocycles. The molecule has 2 fully saturated rings. The molecule has 0 aromatic heterocycles. The van der Waals surface area contributed by atoms with E-state index in [4.69, 9.17) is 10.5 Å². The minimum Gasteiger partial charge on any atom is -0.497 e. The predicted molar refractivity (Wildman–Crippen MR) is 61.5 cm³/mol. The summed E-state index contributed by atoms with van der Waals surface area (Å²) in [6.45, 7) is 0. The number of carbonyl (C=O) groups is 1. The first-order valence-electron chi connectivity index (χ1n) is 5.40. The lowest BCUT2D eigenvalue weighted by Gasteiger charge is -2.01. The predicted octanol–water partition coefficient (Wildman–Crippen LogP) is 0.915. The molecule has 4 nitrogen and oxygen atoms in total. The van der Waals surface area contributed by atoms with Crippen LogP contribution in [0.3, 0.4) is 0 Å². The Morgan fingerprint density at radius 1 is 1.44 bits per heavy atom. The lowest BCUT2D eigenvalue weighted by Crippen LogP contribution is -2.10. The molecular weight excluding hydrogens is 204 g/mol. The quantitative estimate of drug-likeness (QED) is 0.728. The van der Waals surface area contributed by atoms with Gasteiger partial charge in [0.2, 0.25) is 5.91 Å². The molecule has 1 saturated carbocycles. The Morgan fingerprint density at radius 3 is 2.50 bits per heavy atom. The minimum absolute atomic E-state index is 0.441. The number of carbonyl (C=O) groups excluding carboxylic acids is 1. The number of nitrogens with one attached hydrogen (secondary N) is 1. The number of rotatable bonds is 2. The van der Waals surface area contributed by atoms with Gasteiger partial charge in [0, 0.05) is 17.6 Å². The van der Waals surface area contributed by atoms with Gasteiger partial charge in [-0.3, -0.25) is 4.79 Å². The zero-order valence-electron chi connectivity index (χ0n) is 9.27. The van der Waals surface area contributed by atoms with Crippen LogP contribution in [0.25, 0.3) is 0 Å². The molecule has 1 aromatic carbocycles. The standard InChI is InChI=1S/C8H9NO2.C4H7N/c1-11-7-4-2-3-6(5-7)8(9)10;1-2-4-3(1)5-4/h2-5H,1H3,(H2,9,10);3-5H,1-2H2. The van der Waals surface area contributed by atoms with Gasteiger partial charge in [-0.1, -0.05) is 6.07 Å². The molecule has 86 valence electrons. The molecule has 16 heavy (non-hydrogen) atoms. The van der Waals surface area contributed by atoms with E-state index in [-0.39, 0.29) is 0 Å². The van der Waals surface area contributed by atoms with Gasteiger partial charge in [0.05, 0.1) is 7.11 Å². The number of methoxy groups -OCH3 is 1. The number of nitrogens with two attached hydrogens (primary N) is 1. The third-order valence-electron chi connectivity index (χ3n) is 2.95. The molecule has 2 aliphatic rings. The van der Waals surface area contributed by atoms with E-state index in [9.17, 15) is 4.79 Å². The van der Waals surface area contributed by atoms with E-state index in [1.807, 2.05) is 0 Å². The fourth-order valence-corrected chi connectivity index (χ4v) is 1.66. The number of fused-ring (bicyclic) bond motifs is 1. The lowest BCUT2D eigenvalue weighted by atomic mass is 10.0. The van der Waals surface area contributed by atoms with E-state index in [0.717, 1.165) is 12.1 Å². The zero-order chi connectivity index (χ0) is 11.5. The van der Waals surface area contributed by atoms with Crippen LogP contribution < -0.4 is 15.8 Å². The minimum atomic E-state index is -0.441. The van der Waals surface area contributed by atoms with Gasteiger partial charge < -0.3 is 15.8 Å². The molecule has 0 bridgehead atoms. The second kappa shape index (κ2) is 4.53. The van der Waals surface area contributed by atoms with Crippen LogP contribution in [0.15, 0.2) is 24.3 Å². The van der Waals surface area contributed by atoms with Gasteiger partial charge in [-0.15, -0.1) is 0 Å². The summed E-state index contributed by atoms with van der Waals surface area (Å²) < 4.78 is 4.90. The van der Waals surface area contributed by atoms with Crippen molar-refractivity contribution in [1.82, 2.24) is 5.32 Å². The maximum atomic E-state index is 10.6. The molecular formula is C12H16N2O2. The second-order valence-corrected chi connectivity index (χ2v) is 4.05. The van der Waals surface area contributed by atoms with E-state index in [1.165, 1.54) is 12.8 Å². The molecule has 2 unspecified atom stereocenters. The SMILES string of the molecule is C1CC2NC12.COc1cccc(C(N)=O)c1. The van der Waals surface area contributed by atoms with Crippen molar-refractivity contribution in [2.75, 3.05) is 7.11 Å². The van der Waals surface area contributed by atoms with Crippen LogP contribution in [0.1, 0.15) is 23.2 Å². The molecule has 1 aliphatic heterocycles. The van der Waals surface area contributed by atoms with E-state index >= 15 is 0 Å². The van der Waals surface area contributed by atoms with Crippen molar-refractivity contribution in [3.05, 3.63) is 29.8 Å². The van der Waals surface area contributed by atoms with Crippen LogP contribution >= 0.6 is 0 Å². The number of benzene rings is 1. The van der Waals surface area contributed by atoms with Gasteiger partial charge in [0.15, 0.2) is 0 Å². The maximum Gasteiger partial charge on any atom is 0.248 e. The topological polar surface area (TPSA) is 74.3 Å². The summed E-state index contributed by atoms with van der Waals surface area (Å²) in [5, 5.41) is 3.31. The van der Waals surface area contributed by atoms with E-state index < -0.39 is 5.91 Å². The van der Waals surface area contributed by atoms with Crippen LogP contribution in [-0.2, 0) is 0 Å². The molecule has 4 heteroatoms. The lowest BCUT2D eigenvalue weighted by molar-refractivity contribution is 0.1000. The van der Waals surface area contributed by atoms with Crippen molar-refractivity contribution in [1.29, 1.82) is 0 Å². The van der Waals surface area contributed by atoms with Crippen molar-refractivity contribution >= 4 is 5.91 Å². The summed E-state index contributed by atoms with van der Waals surface area (Å²) in [7, 11) is 1.54. The van der Waals surface area contributed by atoms with Gasteiger partial charge in [-0.2, -0.15) is 0 Å². The monoisotopic (exact) mass is 220 g/mol. The van der Waals surface area contributed by atoms with Crippen LogP contribution in [0.4, 0.5) is 0 Å². The Bertz CT molecular complexity index is 380. The number of amides is 1. The Morgan fingerprint density at radius 2 is 2.12 bits per heavy atom. The Labute approximate surface area is 94.8 Å². The highest BCUT2D eigenvalue weighted by Gasteiger charge is 2.43. The molecule has 3 N–H and O–H groups in total.